The molecule has 0 saturated carbocycles. The van der Waals surface area contributed by atoms with Crippen molar-refractivity contribution in [3.63, 3.8) is 0 Å². The van der Waals surface area contributed by atoms with E-state index in [1.807, 2.05) is 12.1 Å². The summed E-state index contributed by atoms with van der Waals surface area (Å²) < 4.78 is 0. The van der Waals surface area contributed by atoms with Crippen LogP contribution in [0, 0.1) is 6.92 Å². The second kappa shape index (κ2) is 7.03. The van der Waals surface area contributed by atoms with Crippen molar-refractivity contribution < 1.29 is 17.3 Å². The number of halogens is 1. The van der Waals surface area contributed by atoms with E-state index < -0.39 is 0 Å². The number of benzene rings is 1. The first kappa shape index (κ1) is 11.4. The molecule has 0 amide bonds. The van der Waals surface area contributed by atoms with Crippen molar-refractivity contribution in [2.24, 2.45) is 0 Å². The van der Waals surface area contributed by atoms with Crippen molar-refractivity contribution in [3.05, 3.63) is 36.8 Å². The molecule has 0 atom stereocenters. The van der Waals surface area contributed by atoms with Gasteiger partial charge in [-0.1, -0.05) is 0 Å². The van der Waals surface area contributed by atoms with Crippen molar-refractivity contribution in [1.82, 2.24) is 0 Å². The third kappa shape index (κ3) is 4.73. The molecule has 0 unspecified atom stereocenters. The predicted octanol–water partition coefficient (Wildman–Crippen LogP) is 3.28. The van der Waals surface area contributed by atoms with Crippen molar-refractivity contribution in [1.29, 1.82) is 0 Å². The van der Waals surface area contributed by atoms with Crippen LogP contribution in [0.3, 0.4) is 0 Å². The summed E-state index contributed by atoms with van der Waals surface area (Å²) in [7, 11) is 4.76. The van der Waals surface area contributed by atoms with Gasteiger partial charge in [0.1, 0.15) is 0 Å². The Morgan fingerprint density at radius 1 is 1.27 bits per heavy atom. The second-order valence-electron chi connectivity index (χ2n) is 1.85. The Bertz CT molecular complexity index is 186. The summed E-state index contributed by atoms with van der Waals surface area (Å²) in [5.41, 5.74) is 1.08. The Hall–Kier alpha value is 0.353. The van der Waals surface area contributed by atoms with Crippen molar-refractivity contribution >= 4 is 21.5 Å². The van der Waals surface area contributed by atoms with Gasteiger partial charge in [-0.15, -0.1) is 23.9 Å². The van der Waals surface area contributed by atoms with Crippen LogP contribution in [0.15, 0.2) is 29.2 Å². The van der Waals surface area contributed by atoms with Crippen LogP contribution >= 0.6 is 21.5 Å². The Morgan fingerprint density at radius 2 is 1.73 bits per heavy atom. The second-order valence-corrected chi connectivity index (χ2v) is 2.73. The van der Waals surface area contributed by atoms with E-state index in [1.165, 1.54) is 4.90 Å². The Balaban J connectivity index is 0.000000461. The van der Waals surface area contributed by atoms with E-state index in [9.17, 15) is 0 Å². The molecule has 0 spiro atoms. The van der Waals surface area contributed by atoms with E-state index in [0.717, 1.165) is 22.9 Å². The van der Waals surface area contributed by atoms with E-state index in [4.69, 9.17) is 9.69 Å². The van der Waals surface area contributed by atoms with Crippen molar-refractivity contribution in [3.8, 4) is 0 Å². The summed E-state index contributed by atoms with van der Waals surface area (Å²) in [5.74, 6) is 0. The average Bonchev–Trinajstić information content (AvgIpc) is 2.10. The fourth-order valence-corrected chi connectivity index (χ4v) is 1.03. The van der Waals surface area contributed by atoms with E-state index in [0.29, 0.717) is 0 Å². The molecule has 3 heteroatoms. The van der Waals surface area contributed by atoms with Gasteiger partial charge in [0.2, 0.25) is 0 Å². The summed E-state index contributed by atoms with van der Waals surface area (Å²) >= 11 is 2.60. The van der Waals surface area contributed by atoms with Gasteiger partial charge in [-0.2, -0.15) is 24.6 Å². The van der Waals surface area contributed by atoms with Crippen LogP contribution in [0.25, 0.3) is 0 Å². The first-order chi connectivity index (χ1) is 5.33. The molecule has 56 valence electrons. The molecule has 1 aromatic carbocycles. The molecule has 0 radical (unpaired) electrons. The monoisotopic (exact) mass is 236 g/mol. The van der Waals surface area contributed by atoms with E-state index in [2.05, 4.69) is 25.3 Å². The van der Waals surface area contributed by atoms with Gasteiger partial charge < -0.3 is 0 Å². The number of hydrogen-bond donors (Lipinski definition) is 0. The molecular formula is C8H9ClSZn. The summed E-state index contributed by atoms with van der Waals surface area (Å²) in [4.78, 5) is 1.29. The van der Waals surface area contributed by atoms with Crippen LogP contribution < -0.4 is 0 Å². The van der Waals surface area contributed by atoms with Crippen LogP contribution in [0.4, 0.5) is 0 Å². The van der Waals surface area contributed by atoms with E-state index in [1.54, 1.807) is 11.8 Å². The summed E-state index contributed by atoms with van der Waals surface area (Å²) in [6.45, 7) is 3.79. The zero-order valence-electron chi connectivity index (χ0n) is 6.51. The Morgan fingerprint density at radius 3 is 2.09 bits per heavy atom. The molecule has 0 aliphatic carbocycles. The minimum absolute atomic E-state index is 0.847. The maximum atomic E-state index is 4.76. The van der Waals surface area contributed by atoms with E-state index in [-0.39, 0.29) is 0 Å². The Kier molecular flexibility index (Phi) is 7.25. The van der Waals surface area contributed by atoms with Gasteiger partial charge >= 0.3 is 27.0 Å². The molecule has 0 aliphatic rings. The fraction of sp³-hybridized carbons (Fsp3) is 0.125. The topological polar surface area (TPSA) is 0 Å². The molecule has 0 heterocycles. The average molecular weight is 238 g/mol. The molecule has 0 N–H and O–H groups in total. The van der Waals surface area contributed by atoms with E-state index >= 15 is 0 Å². The Labute approximate surface area is 86.4 Å². The van der Waals surface area contributed by atoms with Gasteiger partial charge in [0.15, 0.2) is 0 Å². The van der Waals surface area contributed by atoms with Crippen LogP contribution in [0.5, 0.6) is 0 Å². The molecule has 0 aromatic heterocycles. The van der Waals surface area contributed by atoms with Crippen LogP contribution in [0.2, 0.25) is 0 Å². The number of thioether (sulfide) groups is 1. The van der Waals surface area contributed by atoms with Crippen LogP contribution in [-0.2, 0) is 17.3 Å². The van der Waals surface area contributed by atoms with Crippen LogP contribution in [0.1, 0.15) is 5.56 Å². The fourth-order valence-electron chi connectivity index (χ4n) is 0.626. The molecule has 0 fully saturated rings. The number of rotatable bonds is 1. The molecule has 1 rings (SSSR count). The standard InChI is InChI=1S/C8H9S.ClH.Zn/c1-7-3-5-8(9-2)6-4-7;;/h3-6H,1H2,2H3;1H;/q-1;;+2/p-1. The first-order valence-electron chi connectivity index (χ1n) is 3.05. The zero-order valence-corrected chi connectivity index (χ0v) is 11.0. The third-order valence-electron chi connectivity index (χ3n) is 1.16. The molecule has 0 saturated heterocycles. The van der Waals surface area contributed by atoms with Crippen molar-refractivity contribution in [2.75, 3.05) is 6.26 Å². The molecule has 1 aromatic rings. The molecule has 11 heavy (non-hydrogen) atoms. The quantitative estimate of drug-likeness (QED) is 0.411. The third-order valence-corrected chi connectivity index (χ3v) is 1.90. The molecule has 0 aliphatic heterocycles. The minimum atomic E-state index is 0.847. The van der Waals surface area contributed by atoms with Crippen molar-refractivity contribution in [2.45, 2.75) is 4.90 Å². The van der Waals surface area contributed by atoms with Crippen LogP contribution in [-0.4, -0.2) is 6.26 Å². The van der Waals surface area contributed by atoms with Gasteiger partial charge in [-0.3, -0.25) is 0 Å². The summed E-state index contributed by atoms with van der Waals surface area (Å²) in [6.07, 6.45) is 2.07. The summed E-state index contributed by atoms with van der Waals surface area (Å²) in [6, 6.07) is 8.19. The van der Waals surface area contributed by atoms with Gasteiger partial charge in [-0.05, 0) is 11.2 Å². The molecular weight excluding hydrogens is 229 g/mol. The molecule has 0 bridgehead atoms. The van der Waals surface area contributed by atoms with Gasteiger partial charge in [0.05, 0.1) is 0 Å². The maximum absolute atomic E-state index is 4.76. The predicted molar refractivity (Wildman–Crippen MR) is 48.5 cm³/mol. The molecule has 0 nitrogen and oxygen atoms in total. The van der Waals surface area contributed by atoms with Gasteiger partial charge in [0.25, 0.3) is 0 Å². The summed E-state index contributed by atoms with van der Waals surface area (Å²) in [5, 5.41) is 0. The zero-order chi connectivity index (χ0) is 8.69. The van der Waals surface area contributed by atoms with Gasteiger partial charge in [0, 0.05) is 0 Å². The van der Waals surface area contributed by atoms with Gasteiger partial charge in [-0.25, -0.2) is 0 Å². The SMILES string of the molecule is [CH2-]c1ccc(SC)cc1.[Cl][Zn+]. The normalized spacial score (nSPS) is 8.36. The number of hydrogen-bond acceptors (Lipinski definition) is 1. The first-order valence-corrected chi connectivity index (χ1v) is 8.18.